The number of piperidine rings is 1. The standard InChI is InChI=1S/C36H45NO4/c1-32(2,3)33(4,38)27-20-34-15-16-36(27,39-5)31-35(34)17-18-37(21-23-11-12-23)28(34)19-25-13-14-26(30(41-31)29(25)35)40-22-24-9-7-6-8-10-24/h6-10,13-16,23,27-28,31,38H,11-12,17-22H2,1-5H3/t27?,28-,31+,33-,34+,35-,36+/m0/s1. The number of fused-ring (bicyclic) bond motifs is 1. The molecule has 1 N–H and O–H groups in total. The molecule has 1 saturated heterocycles. The molecule has 5 aliphatic carbocycles. The van der Waals surface area contributed by atoms with Crippen molar-refractivity contribution in [3.63, 3.8) is 0 Å². The minimum Gasteiger partial charge on any atom is -0.485 e. The molecule has 5 nitrogen and oxygen atoms in total. The lowest BCUT2D eigenvalue weighted by molar-refractivity contribution is -0.263. The van der Waals surface area contributed by atoms with E-state index in [0.29, 0.717) is 12.6 Å². The van der Waals surface area contributed by atoms with Crippen LogP contribution in [0.25, 0.3) is 0 Å². The Hall–Kier alpha value is -2.34. The monoisotopic (exact) mass is 555 g/mol. The highest BCUT2D eigenvalue weighted by atomic mass is 16.6. The van der Waals surface area contributed by atoms with Gasteiger partial charge in [0.1, 0.15) is 18.3 Å². The minimum atomic E-state index is -0.955. The van der Waals surface area contributed by atoms with E-state index in [4.69, 9.17) is 14.2 Å². The number of nitrogens with zero attached hydrogens (tertiary/aromatic N) is 1. The summed E-state index contributed by atoms with van der Waals surface area (Å²) in [6.45, 7) is 11.3. The van der Waals surface area contributed by atoms with Gasteiger partial charge in [-0.05, 0) is 74.1 Å². The average molecular weight is 556 g/mol. The number of hydrogen-bond acceptors (Lipinski definition) is 5. The van der Waals surface area contributed by atoms with Crippen LogP contribution in [0.2, 0.25) is 0 Å². The van der Waals surface area contributed by atoms with E-state index in [9.17, 15) is 5.11 Å². The lowest BCUT2D eigenvalue weighted by Gasteiger charge is -2.73. The number of benzene rings is 2. The first-order valence-corrected chi connectivity index (χ1v) is 15.8. The van der Waals surface area contributed by atoms with Crippen molar-refractivity contribution in [2.24, 2.45) is 22.7 Å². The van der Waals surface area contributed by atoms with Crippen molar-refractivity contribution in [1.29, 1.82) is 0 Å². The molecule has 2 heterocycles. The van der Waals surface area contributed by atoms with Crippen LogP contribution in [0.5, 0.6) is 11.5 Å². The molecule has 4 bridgehead atoms. The molecule has 7 atom stereocenters. The highest BCUT2D eigenvalue weighted by Crippen LogP contribution is 2.76. The van der Waals surface area contributed by atoms with Crippen LogP contribution in [-0.4, -0.2) is 53.6 Å². The second-order valence-electron chi connectivity index (χ2n) is 15.2. The van der Waals surface area contributed by atoms with Gasteiger partial charge in [-0.2, -0.15) is 0 Å². The molecular weight excluding hydrogens is 510 g/mol. The van der Waals surface area contributed by atoms with Crippen LogP contribution < -0.4 is 9.47 Å². The molecule has 1 unspecified atom stereocenters. The number of ether oxygens (including phenoxy) is 3. The normalized spacial score (nSPS) is 37.9. The quantitative estimate of drug-likeness (QED) is 0.421. The lowest BCUT2D eigenvalue weighted by atomic mass is 9.35. The summed E-state index contributed by atoms with van der Waals surface area (Å²) in [6, 6.07) is 15.2. The molecule has 2 spiro atoms. The predicted octanol–water partition coefficient (Wildman–Crippen LogP) is 6.06. The van der Waals surface area contributed by atoms with Crippen molar-refractivity contribution >= 4 is 0 Å². The zero-order valence-electron chi connectivity index (χ0n) is 25.3. The van der Waals surface area contributed by atoms with E-state index >= 15 is 0 Å². The van der Waals surface area contributed by atoms with E-state index in [1.165, 1.54) is 30.5 Å². The van der Waals surface area contributed by atoms with Crippen LogP contribution in [0, 0.1) is 22.7 Å². The van der Waals surface area contributed by atoms with E-state index in [2.05, 4.69) is 74.2 Å². The highest BCUT2D eigenvalue weighted by molar-refractivity contribution is 5.65. The first kappa shape index (κ1) is 26.3. The highest BCUT2D eigenvalue weighted by Gasteiger charge is 2.81. The van der Waals surface area contributed by atoms with Gasteiger partial charge in [-0.25, -0.2) is 0 Å². The van der Waals surface area contributed by atoms with Crippen molar-refractivity contribution in [2.45, 2.75) is 95.2 Å². The molecule has 2 aromatic rings. The molecular formula is C36H45NO4. The van der Waals surface area contributed by atoms with E-state index in [1.54, 1.807) is 0 Å². The first-order chi connectivity index (χ1) is 19.6. The van der Waals surface area contributed by atoms with Crippen LogP contribution in [0.1, 0.15) is 70.1 Å². The third kappa shape index (κ3) is 3.24. The zero-order valence-corrected chi connectivity index (χ0v) is 25.3. The number of hydrogen-bond donors (Lipinski definition) is 1. The van der Waals surface area contributed by atoms with Gasteiger partial charge in [0.15, 0.2) is 11.5 Å². The van der Waals surface area contributed by atoms with Gasteiger partial charge in [0.25, 0.3) is 0 Å². The van der Waals surface area contributed by atoms with Crippen LogP contribution in [0.4, 0.5) is 0 Å². The zero-order chi connectivity index (χ0) is 28.4. The van der Waals surface area contributed by atoms with Crippen LogP contribution >= 0.6 is 0 Å². The third-order valence-electron chi connectivity index (χ3n) is 12.5. The summed E-state index contributed by atoms with van der Waals surface area (Å²) in [5.74, 6) is 2.48. The molecule has 41 heavy (non-hydrogen) atoms. The molecule has 0 radical (unpaired) electrons. The number of rotatable bonds is 7. The van der Waals surface area contributed by atoms with Crippen molar-refractivity contribution in [1.82, 2.24) is 4.90 Å². The fourth-order valence-electron chi connectivity index (χ4n) is 9.78. The van der Waals surface area contributed by atoms with Crippen LogP contribution in [0.3, 0.4) is 0 Å². The van der Waals surface area contributed by atoms with Gasteiger partial charge in [-0.1, -0.05) is 69.3 Å². The Morgan fingerprint density at radius 1 is 1.05 bits per heavy atom. The van der Waals surface area contributed by atoms with Gasteiger partial charge < -0.3 is 19.3 Å². The maximum Gasteiger partial charge on any atom is 0.166 e. The maximum absolute atomic E-state index is 12.4. The SMILES string of the molecule is CO[C@]12C=C[C@@]3(CC1[C@](C)(O)C(C)(C)C)[C@@H]1Cc4ccc(OCc5ccccc5)c5c4[C@@]3(CCN1CC1CC1)[C@H]2O5. The van der Waals surface area contributed by atoms with E-state index in [1.807, 2.05) is 20.1 Å². The fraction of sp³-hybridized carbons (Fsp3) is 0.611. The topological polar surface area (TPSA) is 51.2 Å². The Balaban J connectivity index is 1.30. The Kier molecular flexibility index (Phi) is 5.38. The van der Waals surface area contributed by atoms with Crippen LogP contribution in [0.15, 0.2) is 54.6 Å². The van der Waals surface area contributed by atoms with Gasteiger partial charge in [0.05, 0.1) is 11.0 Å². The summed E-state index contributed by atoms with van der Waals surface area (Å²) in [4.78, 5) is 2.82. The summed E-state index contributed by atoms with van der Waals surface area (Å²) < 4.78 is 20.4. The molecule has 5 heteroatoms. The van der Waals surface area contributed by atoms with E-state index in [0.717, 1.165) is 48.8 Å². The van der Waals surface area contributed by atoms with Crippen molar-refractivity contribution in [3.8, 4) is 11.5 Å². The van der Waals surface area contributed by atoms with Crippen molar-refractivity contribution in [3.05, 3.63) is 71.3 Å². The minimum absolute atomic E-state index is 0.101. The second kappa shape index (κ2) is 8.39. The predicted molar refractivity (Wildman–Crippen MR) is 159 cm³/mol. The smallest absolute Gasteiger partial charge is 0.166 e. The second-order valence-corrected chi connectivity index (χ2v) is 15.2. The molecule has 7 aliphatic rings. The lowest BCUT2D eigenvalue weighted by Crippen LogP contribution is -2.81. The van der Waals surface area contributed by atoms with Gasteiger partial charge in [0.2, 0.25) is 0 Å². The van der Waals surface area contributed by atoms with Crippen molar-refractivity contribution < 1.29 is 19.3 Å². The Labute approximate surface area is 244 Å². The molecule has 9 rings (SSSR count). The Bertz CT molecular complexity index is 1410. The van der Waals surface area contributed by atoms with Gasteiger partial charge in [-0.3, -0.25) is 4.90 Å². The van der Waals surface area contributed by atoms with E-state index < -0.39 is 11.2 Å². The Morgan fingerprint density at radius 2 is 1.83 bits per heavy atom. The third-order valence-corrected chi connectivity index (χ3v) is 12.5. The van der Waals surface area contributed by atoms with Crippen molar-refractivity contribution in [2.75, 3.05) is 20.2 Å². The number of methoxy groups -OCH3 is 1. The number of likely N-dealkylation sites (tertiary alicyclic amines) is 1. The summed E-state index contributed by atoms with van der Waals surface area (Å²) in [6.07, 6.45) is 10.3. The molecule has 0 amide bonds. The summed E-state index contributed by atoms with van der Waals surface area (Å²) in [7, 11) is 1.83. The largest absolute Gasteiger partial charge is 0.485 e. The van der Waals surface area contributed by atoms with Crippen LogP contribution in [-0.2, 0) is 23.2 Å². The Morgan fingerprint density at radius 3 is 2.54 bits per heavy atom. The summed E-state index contributed by atoms with van der Waals surface area (Å²) in [5, 5.41) is 12.4. The maximum atomic E-state index is 12.4. The first-order valence-electron chi connectivity index (χ1n) is 15.8. The molecule has 0 aromatic heterocycles. The summed E-state index contributed by atoms with van der Waals surface area (Å²) >= 11 is 0. The molecule has 3 fully saturated rings. The molecule has 2 aromatic carbocycles. The fourth-order valence-corrected chi connectivity index (χ4v) is 9.78. The average Bonchev–Trinajstić information content (AvgIpc) is 3.70. The molecule has 218 valence electrons. The van der Waals surface area contributed by atoms with Gasteiger partial charge in [-0.15, -0.1) is 0 Å². The number of aliphatic hydroxyl groups is 1. The van der Waals surface area contributed by atoms with E-state index in [-0.39, 0.29) is 28.3 Å². The van der Waals surface area contributed by atoms with Gasteiger partial charge >= 0.3 is 0 Å². The molecule has 2 aliphatic heterocycles. The van der Waals surface area contributed by atoms with Gasteiger partial charge in [0, 0.05) is 36.6 Å². The summed E-state index contributed by atoms with van der Waals surface area (Å²) in [5.41, 5.74) is 1.61. The molecule has 2 saturated carbocycles.